The monoisotopic (exact) mass is 157 g/mol. The van der Waals surface area contributed by atoms with Crippen LogP contribution in [0.1, 0.15) is 27.7 Å². The van der Waals surface area contributed by atoms with Crippen LogP contribution >= 0.6 is 0 Å². The molecule has 5 N–H and O–H groups in total. The molecule has 0 aliphatic heterocycles. The van der Waals surface area contributed by atoms with Crippen LogP contribution in [0.3, 0.4) is 0 Å². The zero-order valence-electron chi connectivity index (χ0n) is 7.81. The molecule has 11 heavy (non-hydrogen) atoms. The molecule has 0 fully saturated rings. The summed E-state index contributed by atoms with van der Waals surface area (Å²) >= 11 is 0. The van der Waals surface area contributed by atoms with Crippen molar-refractivity contribution < 1.29 is 0 Å². The van der Waals surface area contributed by atoms with E-state index < -0.39 is 0 Å². The third-order valence-electron chi connectivity index (χ3n) is 1.67. The number of rotatable bonds is 3. The molecule has 0 aromatic carbocycles. The van der Waals surface area contributed by atoms with E-state index in [4.69, 9.17) is 11.6 Å². The van der Waals surface area contributed by atoms with E-state index in [1.54, 1.807) is 0 Å². The van der Waals surface area contributed by atoms with Crippen LogP contribution in [0.2, 0.25) is 0 Å². The summed E-state index contributed by atoms with van der Waals surface area (Å²) in [6.07, 6.45) is 0. The molecule has 0 radical (unpaired) electrons. The van der Waals surface area contributed by atoms with Crippen LogP contribution in [0.4, 0.5) is 0 Å². The van der Waals surface area contributed by atoms with Crippen LogP contribution in [0.15, 0.2) is 11.4 Å². The van der Waals surface area contributed by atoms with Gasteiger partial charge in [-0.3, -0.25) is 5.84 Å². The van der Waals surface area contributed by atoms with E-state index in [2.05, 4.69) is 33.1 Å². The van der Waals surface area contributed by atoms with Gasteiger partial charge in [-0.2, -0.15) is 0 Å². The lowest BCUT2D eigenvalue weighted by Crippen LogP contribution is -2.29. The Morgan fingerprint density at radius 1 is 1.09 bits per heavy atom. The lowest BCUT2D eigenvalue weighted by Gasteiger charge is -2.16. The van der Waals surface area contributed by atoms with Crippen molar-refractivity contribution >= 4 is 0 Å². The highest BCUT2D eigenvalue weighted by Gasteiger charge is 2.08. The summed E-state index contributed by atoms with van der Waals surface area (Å²) < 4.78 is 0. The minimum atomic E-state index is 0.350. The second-order valence-electron chi connectivity index (χ2n) is 3.32. The Morgan fingerprint density at radius 2 is 1.55 bits per heavy atom. The summed E-state index contributed by atoms with van der Waals surface area (Å²) in [5.74, 6) is 6.04. The van der Waals surface area contributed by atoms with Crippen LogP contribution in [-0.4, -0.2) is 0 Å². The molecule has 0 aromatic heterocycles. The molecule has 0 atom stereocenters. The van der Waals surface area contributed by atoms with Crippen molar-refractivity contribution in [3.05, 3.63) is 11.4 Å². The molecule has 0 amide bonds. The Labute approximate surface area is 68.8 Å². The molecule has 0 saturated carbocycles. The molecule has 0 bridgehead atoms. The van der Waals surface area contributed by atoms with Crippen LogP contribution < -0.4 is 17.0 Å². The van der Waals surface area contributed by atoms with E-state index in [0.29, 0.717) is 11.8 Å². The molecule has 0 rings (SSSR count). The summed E-state index contributed by atoms with van der Waals surface area (Å²) in [5.41, 5.74) is 10.2. The van der Waals surface area contributed by atoms with E-state index in [9.17, 15) is 0 Å². The number of hydrazine groups is 1. The number of allylic oxidation sites excluding steroid dienone is 2. The van der Waals surface area contributed by atoms with Gasteiger partial charge in [-0.1, -0.05) is 27.7 Å². The molecule has 0 saturated heterocycles. The van der Waals surface area contributed by atoms with Gasteiger partial charge in [0.25, 0.3) is 0 Å². The summed E-state index contributed by atoms with van der Waals surface area (Å²) in [4.78, 5) is 0. The maximum Gasteiger partial charge on any atom is 0.0474 e. The maximum atomic E-state index is 5.81. The molecule has 0 spiro atoms. The molecule has 0 unspecified atom stereocenters. The fourth-order valence-electron chi connectivity index (χ4n) is 0.894. The summed E-state index contributed by atoms with van der Waals surface area (Å²) in [7, 11) is 0. The van der Waals surface area contributed by atoms with Gasteiger partial charge in [0.15, 0.2) is 0 Å². The van der Waals surface area contributed by atoms with Gasteiger partial charge in [-0.05, 0) is 11.8 Å². The molecule has 0 aliphatic carbocycles. The Hall–Kier alpha value is -0.700. The van der Waals surface area contributed by atoms with Crippen LogP contribution in [0.5, 0.6) is 0 Å². The van der Waals surface area contributed by atoms with Gasteiger partial charge in [-0.15, -0.1) is 0 Å². The highest BCUT2D eigenvalue weighted by atomic mass is 15.2. The highest BCUT2D eigenvalue weighted by Crippen LogP contribution is 2.13. The number of nitrogens with one attached hydrogen (secondary N) is 1. The predicted molar refractivity (Wildman–Crippen MR) is 48.2 cm³/mol. The minimum absolute atomic E-state index is 0.350. The molecule has 3 heteroatoms. The van der Waals surface area contributed by atoms with Crippen molar-refractivity contribution in [2.24, 2.45) is 23.4 Å². The molecular formula is C8H19N3. The van der Waals surface area contributed by atoms with E-state index in [1.807, 2.05) is 0 Å². The van der Waals surface area contributed by atoms with Crippen molar-refractivity contribution in [2.75, 3.05) is 0 Å². The van der Waals surface area contributed by atoms with E-state index in [1.165, 1.54) is 0 Å². The lowest BCUT2D eigenvalue weighted by atomic mass is 10.0. The molecule has 66 valence electrons. The van der Waals surface area contributed by atoms with Gasteiger partial charge in [-0.25, -0.2) is 0 Å². The van der Waals surface area contributed by atoms with Crippen molar-refractivity contribution in [3.8, 4) is 0 Å². The predicted octanol–water partition coefficient (Wildman–Crippen LogP) is 0.932. The third-order valence-corrected chi connectivity index (χ3v) is 1.67. The van der Waals surface area contributed by atoms with Crippen LogP contribution in [0, 0.1) is 11.8 Å². The van der Waals surface area contributed by atoms with Gasteiger partial charge in [0.1, 0.15) is 0 Å². The zero-order chi connectivity index (χ0) is 9.02. The average molecular weight is 157 g/mol. The highest BCUT2D eigenvalue weighted by molar-refractivity contribution is 5.12. The van der Waals surface area contributed by atoms with Gasteiger partial charge in [0.05, 0.1) is 0 Å². The fraction of sp³-hybridized carbons (Fsp3) is 0.750. The second-order valence-corrected chi connectivity index (χ2v) is 3.32. The van der Waals surface area contributed by atoms with Crippen molar-refractivity contribution in [3.63, 3.8) is 0 Å². The van der Waals surface area contributed by atoms with Crippen molar-refractivity contribution in [1.82, 2.24) is 5.43 Å². The van der Waals surface area contributed by atoms with Crippen LogP contribution in [-0.2, 0) is 0 Å². The first-order valence-electron chi connectivity index (χ1n) is 3.96. The number of nitrogens with two attached hydrogens (primary N) is 2. The summed E-state index contributed by atoms with van der Waals surface area (Å²) in [6.45, 7) is 8.22. The third kappa shape index (κ3) is 2.80. The van der Waals surface area contributed by atoms with Gasteiger partial charge >= 0.3 is 0 Å². The fourth-order valence-corrected chi connectivity index (χ4v) is 0.894. The smallest absolute Gasteiger partial charge is 0.0474 e. The van der Waals surface area contributed by atoms with Gasteiger partial charge in [0.2, 0.25) is 0 Å². The standard InChI is InChI=1S/C8H19N3/c1-5(2)7(9)8(11-10)6(3)4/h5-6,11H,9-10H2,1-4H3/b8-7-. The second kappa shape index (κ2) is 4.23. The van der Waals surface area contributed by atoms with Crippen molar-refractivity contribution in [1.29, 1.82) is 0 Å². The van der Waals surface area contributed by atoms with Gasteiger partial charge in [0, 0.05) is 11.4 Å². The molecule has 0 aromatic rings. The largest absolute Gasteiger partial charge is 0.400 e. The number of hydrogen-bond donors (Lipinski definition) is 3. The Morgan fingerprint density at radius 3 is 1.64 bits per heavy atom. The van der Waals surface area contributed by atoms with Crippen molar-refractivity contribution in [2.45, 2.75) is 27.7 Å². The van der Waals surface area contributed by atoms with E-state index in [-0.39, 0.29) is 0 Å². The first-order chi connectivity index (χ1) is 5.00. The first kappa shape index (κ1) is 10.3. The quantitative estimate of drug-likeness (QED) is 0.422. The SMILES string of the molecule is CC(C)/C(N)=C(/NN)C(C)C. The topological polar surface area (TPSA) is 64.1 Å². The Balaban J connectivity index is 4.54. The maximum absolute atomic E-state index is 5.81. The summed E-state index contributed by atoms with van der Waals surface area (Å²) in [6, 6.07) is 0. The number of hydrogen-bond acceptors (Lipinski definition) is 3. The molecular weight excluding hydrogens is 138 g/mol. The summed E-state index contributed by atoms with van der Waals surface area (Å²) in [5, 5.41) is 0. The Bertz CT molecular complexity index is 147. The van der Waals surface area contributed by atoms with Crippen LogP contribution in [0.25, 0.3) is 0 Å². The molecule has 0 heterocycles. The Kier molecular flexibility index (Phi) is 3.97. The lowest BCUT2D eigenvalue weighted by molar-refractivity contribution is 0.618. The minimum Gasteiger partial charge on any atom is -0.400 e. The normalized spacial score (nSPS) is 13.7. The van der Waals surface area contributed by atoms with Gasteiger partial charge < -0.3 is 11.2 Å². The van der Waals surface area contributed by atoms with E-state index >= 15 is 0 Å². The first-order valence-corrected chi connectivity index (χ1v) is 3.96. The molecule has 0 aliphatic rings. The average Bonchev–Trinajstić information content (AvgIpc) is 1.88. The van der Waals surface area contributed by atoms with E-state index in [0.717, 1.165) is 11.4 Å². The zero-order valence-corrected chi connectivity index (χ0v) is 7.81. The molecule has 3 nitrogen and oxygen atoms in total.